The van der Waals surface area contributed by atoms with Crippen molar-refractivity contribution in [2.45, 2.75) is 57.1 Å². The molecule has 1 fully saturated rings. The van der Waals surface area contributed by atoms with Crippen molar-refractivity contribution in [1.82, 2.24) is 0 Å². The van der Waals surface area contributed by atoms with Crippen LogP contribution >= 0.6 is 0 Å². The molecule has 0 aromatic carbocycles. The zero-order valence-electron chi connectivity index (χ0n) is 14.0. The summed E-state index contributed by atoms with van der Waals surface area (Å²) in [4.78, 5) is 45.1. The summed E-state index contributed by atoms with van der Waals surface area (Å²) in [5.74, 6) is -2.49. The zero-order chi connectivity index (χ0) is 18.4. The van der Waals surface area contributed by atoms with Crippen LogP contribution in [-0.4, -0.2) is 75.9 Å². The zero-order valence-corrected chi connectivity index (χ0v) is 17.9. The van der Waals surface area contributed by atoms with Crippen molar-refractivity contribution in [1.29, 1.82) is 0 Å². The fourth-order valence-electron chi connectivity index (χ4n) is 2.19. The molecule has 1 aliphatic heterocycles. The van der Waals surface area contributed by atoms with E-state index in [1.807, 2.05) is 0 Å². The van der Waals surface area contributed by atoms with Crippen LogP contribution in [0.1, 0.15) is 27.7 Å². The Morgan fingerprint density at radius 1 is 0.800 bits per heavy atom. The van der Waals surface area contributed by atoms with Gasteiger partial charge in [-0.2, -0.15) is 0 Å². The van der Waals surface area contributed by atoms with Gasteiger partial charge in [-0.05, 0) is 0 Å². The van der Waals surface area contributed by atoms with Crippen molar-refractivity contribution in [2.24, 2.45) is 0 Å². The summed E-state index contributed by atoms with van der Waals surface area (Å²) < 4.78 is 26.0. The largest absolute Gasteiger partial charge is 1.00 e. The molecule has 1 saturated heterocycles. The summed E-state index contributed by atoms with van der Waals surface area (Å²) in [6, 6.07) is 0. The molecule has 0 N–H and O–H groups in total. The van der Waals surface area contributed by atoms with Crippen molar-refractivity contribution >= 4 is 39.9 Å². The fourth-order valence-corrected chi connectivity index (χ4v) is 2.93. The van der Waals surface area contributed by atoms with Gasteiger partial charge in [-0.15, -0.1) is 0 Å². The molecule has 0 amide bonds. The Labute approximate surface area is 168 Å². The summed E-state index contributed by atoms with van der Waals surface area (Å²) in [7, 11) is 0. The van der Waals surface area contributed by atoms with Gasteiger partial charge in [0.25, 0.3) is 0 Å². The van der Waals surface area contributed by atoms with Gasteiger partial charge in [0.2, 0.25) is 0 Å². The summed E-state index contributed by atoms with van der Waals surface area (Å²) >= 11 is 2.66. The molecule has 9 nitrogen and oxygen atoms in total. The molecule has 1 heterocycles. The van der Waals surface area contributed by atoms with Gasteiger partial charge in [-0.3, -0.25) is 0 Å². The maximum Gasteiger partial charge on any atom is 1.00 e. The molecule has 0 bridgehead atoms. The van der Waals surface area contributed by atoms with Crippen LogP contribution in [0.2, 0.25) is 0 Å². The predicted molar refractivity (Wildman–Crippen MR) is 77.7 cm³/mol. The number of ether oxygens (including phenoxy) is 5. The number of carbonyl (C=O) groups is 4. The smallest absolute Gasteiger partial charge is 1.00 e. The molecular formula is C14H19AuO9Se+. The van der Waals surface area contributed by atoms with E-state index >= 15 is 0 Å². The minimum absolute atomic E-state index is 0. The second kappa shape index (κ2) is 10.9. The number of hydrogen-bond acceptors (Lipinski definition) is 9. The molecule has 11 heteroatoms. The topological polar surface area (TPSA) is 114 Å². The molecule has 1 unspecified atom stereocenters. The molecule has 145 valence electrons. The van der Waals surface area contributed by atoms with Crippen LogP contribution in [0, 0.1) is 0 Å². The standard InChI is InChI=1S/C14H19O9Se.Au/c1-6(15)19-5-10-11(20-7(2)16)12(21-8(3)17)13(14(24)23-10)22-9(4)18;/h10-14H,5H2,1-4H3;/q;+1/t10-,11-,12+,13-,14?;/m1./s1. The number of carbonyl (C=O) groups excluding carboxylic acids is 4. The van der Waals surface area contributed by atoms with Gasteiger partial charge < -0.3 is 0 Å². The molecule has 1 aliphatic rings. The van der Waals surface area contributed by atoms with E-state index in [9.17, 15) is 19.2 Å². The Kier molecular flexibility index (Phi) is 10.6. The summed E-state index contributed by atoms with van der Waals surface area (Å²) in [5, 5.41) is -0.800. The fraction of sp³-hybridized carbons (Fsp3) is 0.714. The van der Waals surface area contributed by atoms with E-state index < -0.39 is 53.3 Å². The van der Waals surface area contributed by atoms with Crippen molar-refractivity contribution in [3.8, 4) is 0 Å². The third kappa shape index (κ3) is 7.89. The molecule has 0 saturated carbocycles. The maximum atomic E-state index is 11.4. The average molecular weight is 607 g/mol. The third-order valence-electron chi connectivity index (χ3n) is 2.95. The van der Waals surface area contributed by atoms with Crippen LogP contribution in [0.3, 0.4) is 0 Å². The maximum absolute atomic E-state index is 11.4. The normalized spacial score (nSPS) is 28.1. The van der Waals surface area contributed by atoms with Gasteiger partial charge in [0.05, 0.1) is 0 Å². The second-order valence-electron chi connectivity index (χ2n) is 5.07. The Bertz CT molecular complexity index is 513. The van der Waals surface area contributed by atoms with Crippen LogP contribution in [0.25, 0.3) is 0 Å². The first-order valence-corrected chi connectivity index (χ1v) is 8.07. The summed E-state index contributed by atoms with van der Waals surface area (Å²) in [6.45, 7) is 4.50. The van der Waals surface area contributed by atoms with E-state index in [0.29, 0.717) is 0 Å². The quantitative estimate of drug-likeness (QED) is 0.226. The van der Waals surface area contributed by atoms with Crippen molar-refractivity contribution in [3.05, 3.63) is 0 Å². The Hall–Kier alpha value is -0.900. The van der Waals surface area contributed by atoms with Gasteiger partial charge in [0, 0.05) is 0 Å². The van der Waals surface area contributed by atoms with E-state index in [1.165, 1.54) is 27.7 Å². The molecular weight excluding hydrogens is 588 g/mol. The number of esters is 4. The minimum Gasteiger partial charge on any atom is 1.00 e. The summed E-state index contributed by atoms with van der Waals surface area (Å²) in [5.41, 5.74) is 0. The van der Waals surface area contributed by atoms with Crippen LogP contribution in [-0.2, 0) is 65.2 Å². The molecule has 0 aliphatic carbocycles. The number of hydrogen-bond donors (Lipinski definition) is 0. The molecule has 0 aromatic heterocycles. The second-order valence-corrected chi connectivity index (χ2v) is 6.04. The van der Waals surface area contributed by atoms with E-state index in [4.69, 9.17) is 23.7 Å². The van der Waals surface area contributed by atoms with Gasteiger partial charge >= 0.3 is 169 Å². The molecule has 1 radical (unpaired) electrons. The van der Waals surface area contributed by atoms with E-state index in [-0.39, 0.29) is 29.0 Å². The molecule has 25 heavy (non-hydrogen) atoms. The molecule has 1 rings (SSSR count). The van der Waals surface area contributed by atoms with Crippen LogP contribution < -0.4 is 0 Å². The van der Waals surface area contributed by atoms with Crippen molar-refractivity contribution in [2.75, 3.05) is 6.61 Å². The van der Waals surface area contributed by atoms with Crippen molar-refractivity contribution < 1.29 is 65.2 Å². The Morgan fingerprint density at radius 3 is 1.68 bits per heavy atom. The average Bonchev–Trinajstić information content (AvgIpc) is 2.42. The van der Waals surface area contributed by atoms with Crippen LogP contribution in [0.5, 0.6) is 0 Å². The van der Waals surface area contributed by atoms with Gasteiger partial charge in [-0.25, -0.2) is 0 Å². The van der Waals surface area contributed by atoms with Crippen LogP contribution in [0.15, 0.2) is 0 Å². The van der Waals surface area contributed by atoms with Gasteiger partial charge in [0.15, 0.2) is 0 Å². The van der Waals surface area contributed by atoms with E-state index in [2.05, 4.69) is 16.0 Å². The van der Waals surface area contributed by atoms with E-state index in [0.717, 1.165) is 0 Å². The number of rotatable bonds is 5. The van der Waals surface area contributed by atoms with E-state index in [1.54, 1.807) is 0 Å². The first-order chi connectivity index (χ1) is 11.1. The molecule has 0 aromatic rings. The Morgan fingerprint density at radius 2 is 1.24 bits per heavy atom. The molecule has 0 spiro atoms. The predicted octanol–water partition coefficient (Wildman–Crippen LogP) is -0.764. The first-order valence-electron chi connectivity index (χ1n) is 7.08. The minimum atomic E-state index is -1.11. The van der Waals surface area contributed by atoms with Gasteiger partial charge in [0.1, 0.15) is 0 Å². The van der Waals surface area contributed by atoms with Crippen LogP contribution in [0.4, 0.5) is 0 Å². The third-order valence-corrected chi connectivity index (χ3v) is 3.74. The van der Waals surface area contributed by atoms with Crippen molar-refractivity contribution in [3.63, 3.8) is 0 Å². The summed E-state index contributed by atoms with van der Waals surface area (Å²) in [6.07, 6.45) is -4.15. The first kappa shape index (κ1) is 24.1. The molecule has 5 atom stereocenters. The monoisotopic (exact) mass is 608 g/mol. The SMILES string of the molecule is CC(=O)OC[C@H]1OC([Se])[C@H](OC(C)=O)[C@@H](OC(C)=O)[C@@H]1OC(C)=O.[Au+]. The Balaban J connectivity index is 0.00000576. The van der Waals surface area contributed by atoms with Gasteiger partial charge in [-0.1, -0.05) is 0 Å².